The molecule has 0 unspecified atom stereocenters. The van der Waals surface area contributed by atoms with Gasteiger partial charge >= 0.3 is 0 Å². The number of thioether (sulfide) groups is 1. The van der Waals surface area contributed by atoms with Gasteiger partial charge in [0.1, 0.15) is 11.0 Å². The van der Waals surface area contributed by atoms with Gasteiger partial charge in [0, 0.05) is 44.2 Å². The molecule has 1 atom stereocenters. The second kappa shape index (κ2) is 9.10. The maximum Gasteiger partial charge on any atom is 0.230 e. The lowest BCUT2D eigenvalue weighted by Gasteiger charge is -2.35. The van der Waals surface area contributed by atoms with Crippen molar-refractivity contribution in [3.05, 3.63) is 11.2 Å². The Morgan fingerprint density at radius 3 is 2.63 bits per heavy atom. The highest BCUT2D eigenvalue weighted by atomic mass is 35.5. The van der Waals surface area contributed by atoms with Crippen LogP contribution in [0.4, 0.5) is 5.82 Å². The van der Waals surface area contributed by atoms with Crippen molar-refractivity contribution in [1.82, 2.24) is 20.2 Å². The highest BCUT2D eigenvalue weighted by Crippen LogP contribution is 2.31. The molecule has 2 fully saturated rings. The van der Waals surface area contributed by atoms with E-state index >= 15 is 0 Å². The van der Waals surface area contributed by atoms with Gasteiger partial charge in [-0.15, -0.1) is 0 Å². The summed E-state index contributed by atoms with van der Waals surface area (Å²) in [7, 11) is 0. The van der Waals surface area contributed by atoms with Crippen LogP contribution in [0, 0.1) is 5.92 Å². The number of carbonyl (C=O) groups excluding carboxylic acids is 2. The lowest BCUT2D eigenvalue weighted by atomic mass is 10.2. The third-order valence-electron chi connectivity index (χ3n) is 4.85. The van der Waals surface area contributed by atoms with Crippen LogP contribution in [0.5, 0.6) is 0 Å². The zero-order valence-electron chi connectivity index (χ0n) is 15.8. The Kier molecular flexibility index (Phi) is 6.81. The number of anilines is 1. The Morgan fingerprint density at radius 1 is 1.30 bits per heavy atom. The number of hydrogen-bond donors (Lipinski definition) is 1. The Morgan fingerprint density at radius 2 is 2.00 bits per heavy atom. The quantitative estimate of drug-likeness (QED) is 0.421. The van der Waals surface area contributed by atoms with Crippen LogP contribution in [0.15, 0.2) is 11.2 Å². The number of carbonyl (C=O) groups is 2. The molecule has 1 aliphatic heterocycles. The van der Waals surface area contributed by atoms with Crippen molar-refractivity contribution in [3.8, 4) is 0 Å². The van der Waals surface area contributed by atoms with Crippen LogP contribution in [0.1, 0.15) is 33.1 Å². The molecule has 3 rings (SSSR count). The van der Waals surface area contributed by atoms with Gasteiger partial charge in [0.15, 0.2) is 5.16 Å². The van der Waals surface area contributed by atoms with Crippen LogP contribution < -0.4 is 10.2 Å². The number of halogens is 1. The first-order chi connectivity index (χ1) is 13.0. The fraction of sp³-hybridized carbons (Fsp3) is 0.667. The monoisotopic (exact) mass is 411 g/mol. The molecule has 148 valence electrons. The van der Waals surface area contributed by atoms with Crippen LogP contribution >= 0.6 is 23.4 Å². The zero-order chi connectivity index (χ0) is 19.4. The van der Waals surface area contributed by atoms with E-state index in [2.05, 4.69) is 20.2 Å². The molecule has 0 radical (unpaired) electrons. The van der Waals surface area contributed by atoms with E-state index < -0.39 is 0 Å². The van der Waals surface area contributed by atoms with Crippen molar-refractivity contribution in [3.63, 3.8) is 0 Å². The molecule has 1 aromatic rings. The molecule has 0 aromatic carbocycles. The first kappa shape index (κ1) is 20.2. The van der Waals surface area contributed by atoms with Gasteiger partial charge in [-0.2, -0.15) is 0 Å². The molecule has 1 aromatic heterocycles. The van der Waals surface area contributed by atoms with Gasteiger partial charge in [0.2, 0.25) is 11.8 Å². The molecule has 1 aliphatic carbocycles. The predicted molar refractivity (Wildman–Crippen MR) is 107 cm³/mol. The van der Waals surface area contributed by atoms with E-state index in [1.54, 1.807) is 6.07 Å². The Hall–Kier alpha value is -1.54. The minimum atomic E-state index is -0.0355. The largest absolute Gasteiger partial charge is 0.353 e. The third kappa shape index (κ3) is 5.72. The fourth-order valence-electron chi connectivity index (χ4n) is 2.91. The fourth-order valence-corrected chi connectivity index (χ4v) is 3.80. The van der Waals surface area contributed by atoms with E-state index in [0.29, 0.717) is 29.3 Å². The molecule has 2 heterocycles. The van der Waals surface area contributed by atoms with Gasteiger partial charge in [-0.3, -0.25) is 9.59 Å². The topological polar surface area (TPSA) is 78.4 Å². The van der Waals surface area contributed by atoms with E-state index in [1.807, 2.05) is 18.7 Å². The smallest absolute Gasteiger partial charge is 0.230 e. The second-order valence-electron chi connectivity index (χ2n) is 7.08. The molecule has 2 amide bonds. The van der Waals surface area contributed by atoms with Crippen LogP contribution in [0.2, 0.25) is 5.15 Å². The standard InChI is InChI=1S/C18H26ClN5O2S/c1-3-12(2)20-16(25)11-27-18-21-14(19)10-15(22-18)23-6-8-24(9-7-23)17(26)13-4-5-13/h10,12-13H,3-9,11H2,1-2H3,(H,20,25)/t12-/m0/s1. The van der Waals surface area contributed by atoms with Gasteiger partial charge in [0.05, 0.1) is 5.75 Å². The van der Waals surface area contributed by atoms with Gasteiger partial charge in [-0.25, -0.2) is 9.97 Å². The number of nitrogens with zero attached hydrogens (tertiary/aromatic N) is 4. The Labute approximate surface area is 169 Å². The highest BCUT2D eigenvalue weighted by molar-refractivity contribution is 7.99. The summed E-state index contributed by atoms with van der Waals surface area (Å²) in [6.45, 7) is 6.87. The molecule has 2 aliphatic rings. The van der Waals surface area contributed by atoms with Gasteiger partial charge in [0.25, 0.3) is 0 Å². The average Bonchev–Trinajstić information content (AvgIpc) is 3.50. The van der Waals surface area contributed by atoms with E-state index in [0.717, 1.165) is 38.2 Å². The minimum absolute atomic E-state index is 0.0355. The predicted octanol–water partition coefficient (Wildman–Crippen LogP) is 2.20. The van der Waals surface area contributed by atoms with E-state index in [-0.39, 0.29) is 23.6 Å². The first-order valence-corrected chi connectivity index (χ1v) is 10.8. The second-order valence-corrected chi connectivity index (χ2v) is 8.41. The summed E-state index contributed by atoms with van der Waals surface area (Å²) in [6.07, 6.45) is 2.96. The van der Waals surface area contributed by atoms with Crippen LogP contribution in [-0.2, 0) is 9.59 Å². The van der Waals surface area contributed by atoms with Crippen molar-refractivity contribution in [2.75, 3.05) is 36.8 Å². The van der Waals surface area contributed by atoms with E-state index in [1.165, 1.54) is 11.8 Å². The first-order valence-electron chi connectivity index (χ1n) is 9.46. The van der Waals surface area contributed by atoms with E-state index in [9.17, 15) is 9.59 Å². The molecule has 0 bridgehead atoms. The SMILES string of the molecule is CC[C@H](C)NC(=O)CSc1nc(Cl)cc(N2CCN(C(=O)C3CC3)CC2)n1. The highest BCUT2D eigenvalue weighted by Gasteiger charge is 2.34. The molecule has 1 N–H and O–H groups in total. The molecule has 1 saturated carbocycles. The Balaban J connectivity index is 1.55. The average molecular weight is 412 g/mol. The maximum absolute atomic E-state index is 12.2. The normalized spacial score (nSPS) is 18.3. The maximum atomic E-state index is 12.2. The lowest BCUT2D eigenvalue weighted by molar-refractivity contribution is -0.132. The van der Waals surface area contributed by atoms with Gasteiger partial charge < -0.3 is 15.1 Å². The molecular formula is C18H26ClN5O2S. The van der Waals surface area contributed by atoms with Crippen molar-refractivity contribution >= 4 is 41.0 Å². The molecular weight excluding hydrogens is 386 g/mol. The van der Waals surface area contributed by atoms with Crippen molar-refractivity contribution in [2.45, 2.75) is 44.3 Å². The minimum Gasteiger partial charge on any atom is -0.353 e. The molecule has 1 saturated heterocycles. The van der Waals surface area contributed by atoms with Crippen molar-refractivity contribution in [1.29, 1.82) is 0 Å². The summed E-state index contributed by atoms with van der Waals surface area (Å²) in [5.74, 6) is 1.52. The Bertz CT molecular complexity index is 692. The molecule has 27 heavy (non-hydrogen) atoms. The number of aromatic nitrogens is 2. The van der Waals surface area contributed by atoms with Crippen LogP contribution in [0.3, 0.4) is 0 Å². The van der Waals surface area contributed by atoms with Crippen molar-refractivity contribution in [2.24, 2.45) is 5.92 Å². The van der Waals surface area contributed by atoms with Crippen LogP contribution in [-0.4, -0.2) is 64.7 Å². The summed E-state index contributed by atoms with van der Waals surface area (Å²) in [4.78, 5) is 37.0. The number of piperazine rings is 1. The van der Waals surface area contributed by atoms with Crippen molar-refractivity contribution < 1.29 is 9.59 Å². The summed E-state index contributed by atoms with van der Waals surface area (Å²) in [6, 6.07) is 1.90. The summed E-state index contributed by atoms with van der Waals surface area (Å²) < 4.78 is 0. The number of amides is 2. The number of rotatable bonds is 7. The lowest BCUT2D eigenvalue weighted by Crippen LogP contribution is -2.49. The zero-order valence-corrected chi connectivity index (χ0v) is 17.4. The summed E-state index contributed by atoms with van der Waals surface area (Å²) in [5, 5.41) is 3.78. The van der Waals surface area contributed by atoms with Gasteiger partial charge in [-0.1, -0.05) is 30.3 Å². The number of nitrogens with one attached hydrogen (secondary N) is 1. The van der Waals surface area contributed by atoms with E-state index in [4.69, 9.17) is 11.6 Å². The molecule has 0 spiro atoms. The summed E-state index contributed by atoms with van der Waals surface area (Å²) in [5.41, 5.74) is 0. The van der Waals surface area contributed by atoms with Crippen LogP contribution in [0.25, 0.3) is 0 Å². The van der Waals surface area contributed by atoms with Gasteiger partial charge in [-0.05, 0) is 26.2 Å². The third-order valence-corrected chi connectivity index (χ3v) is 5.90. The number of hydrogen-bond acceptors (Lipinski definition) is 6. The molecule has 7 nitrogen and oxygen atoms in total. The summed E-state index contributed by atoms with van der Waals surface area (Å²) >= 11 is 7.45. The molecule has 9 heteroatoms.